The van der Waals surface area contributed by atoms with E-state index in [1.807, 2.05) is 42.5 Å². The molecule has 1 aromatic heterocycles. The zero-order chi connectivity index (χ0) is 47.9. The van der Waals surface area contributed by atoms with E-state index in [1.54, 1.807) is 48.8 Å². The lowest BCUT2D eigenvalue weighted by atomic mass is 9.85. The third kappa shape index (κ3) is 13.1. The Morgan fingerprint density at radius 1 is 0.897 bits per heavy atom. The lowest BCUT2D eigenvalue weighted by molar-refractivity contribution is -0.137. The van der Waals surface area contributed by atoms with E-state index in [0.717, 1.165) is 49.4 Å². The molecule has 3 aliphatic rings. The molecule has 18 heteroatoms. The molecule has 1 atom stereocenters. The summed E-state index contributed by atoms with van der Waals surface area (Å²) in [5.41, 5.74) is 10.3. The van der Waals surface area contributed by atoms with Crippen LogP contribution in [0.3, 0.4) is 0 Å². The minimum Gasteiger partial charge on any atom is -0.494 e. The smallest absolute Gasteiger partial charge is 0.255 e. The largest absolute Gasteiger partial charge is 0.494 e. The number of amides is 5. The molecule has 0 saturated carbocycles. The number of carbonyl (C=O) groups excluding carboxylic acids is 5. The van der Waals surface area contributed by atoms with Crippen LogP contribution in [-0.2, 0) is 36.9 Å². The van der Waals surface area contributed by atoms with Gasteiger partial charge in [0.1, 0.15) is 24.2 Å². The highest BCUT2D eigenvalue weighted by Crippen LogP contribution is 2.33. The first-order chi connectivity index (χ1) is 33.0. The molecule has 3 aliphatic heterocycles. The molecule has 358 valence electrons. The molecule has 4 aromatic rings. The molecular weight excluding hydrogens is 869 g/mol. The van der Waals surface area contributed by atoms with Crippen molar-refractivity contribution in [3.8, 4) is 5.75 Å². The fraction of sp³-hybridized carbons (Fsp3) is 0.400. The maximum atomic E-state index is 13.3. The Bertz CT molecular complexity index is 2460. The van der Waals surface area contributed by atoms with Gasteiger partial charge in [0, 0.05) is 98.4 Å². The van der Waals surface area contributed by atoms with E-state index in [-0.39, 0.29) is 55.5 Å². The first kappa shape index (κ1) is 48.9. The van der Waals surface area contributed by atoms with E-state index in [0.29, 0.717) is 86.0 Å². The number of nitrogens with one attached hydrogen (secondary N) is 5. The van der Waals surface area contributed by atoms with Crippen molar-refractivity contribution in [2.45, 2.75) is 76.0 Å². The maximum absolute atomic E-state index is 13.3. The number of benzene rings is 3. The van der Waals surface area contributed by atoms with Crippen LogP contribution in [0.4, 0.5) is 11.4 Å². The predicted octanol–water partition coefficient (Wildman–Crippen LogP) is 4.64. The van der Waals surface area contributed by atoms with Gasteiger partial charge in [-0.05, 0) is 112 Å². The van der Waals surface area contributed by atoms with Crippen molar-refractivity contribution in [1.29, 1.82) is 5.41 Å². The van der Waals surface area contributed by atoms with Crippen molar-refractivity contribution in [3.63, 3.8) is 0 Å². The van der Waals surface area contributed by atoms with Gasteiger partial charge in [-0.25, -0.2) is 4.99 Å². The highest BCUT2D eigenvalue weighted by molar-refractivity contribution is 6.08. The SMILES string of the molecule is CN1CCC(Nc2cccc(C(=O)NCc3ccc(OCCCCCOCCCOCC(=O)Nc4cccc5c4CN(C4CCC(=O)NC4=O)C5=O)cc3)c2)(C(N)=NC(=N)c2ccncc2)CC1. The highest BCUT2D eigenvalue weighted by Gasteiger charge is 2.40. The number of nitrogens with zero attached hydrogens (tertiary/aromatic N) is 4. The first-order valence-electron chi connectivity index (χ1n) is 23.1. The van der Waals surface area contributed by atoms with Gasteiger partial charge in [-0.1, -0.05) is 24.3 Å². The molecule has 4 heterocycles. The van der Waals surface area contributed by atoms with E-state index in [4.69, 9.17) is 25.4 Å². The molecule has 2 saturated heterocycles. The second kappa shape index (κ2) is 23.6. The van der Waals surface area contributed by atoms with Crippen molar-refractivity contribution >= 4 is 52.6 Å². The van der Waals surface area contributed by atoms with Crippen LogP contribution in [0.1, 0.15) is 88.8 Å². The summed E-state index contributed by atoms with van der Waals surface area (Å²) in [7, 11) is 2.06. The van der Waals surface area contributed by atoms with Gasteiger partial charge in [0.05, 0.1) is 12.1 Å². The van der Waals surface area contributed by atoms with Gasteiger partial charge in [-0.2, -0.15) is 0 Å². The van der Waals surface area contributed by atoms with Crippen LogP contribution in [0, 0.1) is 5.41 Å². The van der Waals surface area contributed by atoms with Crippen LogP contribution in [0.5, 0.6) is 5.75 Å². The van der Waals surface area contributed by atoms with Crippen LogP contribution >= 0.6 is 0 Å². The molecule has 2 fully saturated rings. The molecule has 0 spiro atoms. The lowest BCUT2D eigenvalue weighted by Gasteiger charge is -2.41. The van der Waals surface area contributed by atoms with Crippen molar-refractivity contribution in [1.82, 2.24) is 25.4 Å². The van der Waals surface area contributed by atoms with Crippen molar-refractivity contribution < 1.29 is 38.2 Å². The number of aliphatic imine (C=N–C) groups is 1. The minimum atomic E-state index is -0.731. The van der Waals surface area contributed by atoms with E-state index in [9.17, 15) is 24.0 Å². The number of nitrogens with two attached hydrogens (primary N) is 1. The third-order valence-electron chi connectivity index (χ3n) is 12.3. The third-order valence-corrected chi connectivity index (χ3v) is 12.3. The topological polar surface area (TPSA) is 243 Å². The van der Waals surface area contributed by atoms with Crippen LogP contribution in [-0.4, -0.2) is 121 Å². The minimum absolute atomic E-state index is 0.0666. The van der Waals surface area contributed by atoms with Crippen molar-refractivity contribution in [2.75, 3.05) is 63.8 Å². The molecule has 5 amide bonds. The summed E-state index contributed by atoms with van der Waals surface area (Å²) in [4.78, 5) is 75.1. The average Bonchev–Trinajstić information content (AvgIpc) is 3.68. The summed E-state index contributed by atoms with van der Waals surface area (Å²) in [6.45, 7) is 3.98. The second-order valence-corrected chi connectivity index (χ2v) is 17.2. The number of hydrogen-bond donors (Lipinski definition) is 6. The summed E-state index contributed by atoms with van der Waals surface area (Å²) >= 11 is 0. The number of hydrogen-bond acceptors (Lipinski definition) is 12. The molecule has 7 N–H and O–H groups in total. The number of anilines is 2. The zero-order valence-corrected chi connectivity index (χ0v) is 38.4. The Labute approximate surface area is 395 Å². The number of fused-ring (bicyclic) bond motifs is 1. The van der Waals surface area contributed by atoms with Crippen molar-refractivity contribution in [2.24, 2.45) is 10.7 Å². The van der Waals surface area contributed by atoms with Crippen LogP contribution in [0.15, 0.2) is 96.2 Å². The molecule has 3 aromatic carbocycles. The Morgan fingerprint density at radius 2 is 1.63 bits per heavy atom. The number of unbranched alkanes of at least 4 members (excludes halogenated alkanes) is 2. The molecule has 0 aliphatic carbocycles. The normalized spacial score (nSPS) is 17.0. The van der Waals surface area contributed by atoms with E-state index < -0.39 is 17.5 Å². The zero-order valence-electron chi connectivity index (χ0n) is 38.4. The van der Waals surface area contributed by atoms with Gasteiger partial charge < -0.3 is 45.7 Å². The molecule has 18 nitrogen and oxygen atoms in total. The van der Waals surface area contributed by atoms with E-state index in [1.165, 1.54) is 4.90 Å². The molecule has 1 unspecified atom stereocenters. The second-order valence-electron chi connectivity index (χ2n) is 17.2. The number of imide groups is 1. The van der Waals surface area contributed by atoms with Gasteiger partial charge in [-0.15, -0.1) is 0 Å². The Morgan fingerprint density at radius 3 is 2.41 bits per heavy atom. The Kier molecular flexibility index (Phi) is 17.0. The van der Waals surface area contributed by atoms with E-state index >= 15 is 0 Å². The number of ether oxygens (including phenoxy) is 3. The number of likely N-dealkylation sites (tertiary alicyclic amines) is 1. The van der Waals surface area contributed by atoms with Crippen LogP contribution < -0.4 is 31.7 Å². The molecule has 7 rings (SSSR count). The number of rotatable bonds is 22. The van der Waals surface area contributed by atoms with Gasteiger partial charge in [0.25, 0.3) is 11.8 Å². The molecular formula is C50H60N10O8. The number of carbonyl (C=O) groups is 5. The van der Waals surface area contributed by atoms with Gasteiger partial charge in [-0.3, -0.25) is 39.7 Å². The summed E-state index contributed by atoms with van der Waals surface area (Å²) in [6.07, 6.45) is 8.36. The number of pyridine rings is 1. The number of amidine groups is 2. The van der Waals surface area contributed by atoms with Gasteiger partial charge in [0.2, 0.25) is 17.7 Å². The summed E-state index contributed by atoms with van der Waals surface area (Å²) in [5, 5.41) is 20.2. The molecule has 0 bridgehead atoms. The summed E-state index contributed by atoms with van der Waals surface area (Å²) < 4.78 is 17.2. The lowest BCUT2D eigenvalue weighted by Crippen LogP contribution is -2.56. The molecule has 68 heavy (non-hydrogen) atoms. The monoisotopic (exact) mass is 928 g/mol. The van der Waals surface area contributed by atoms with Gasteiger partial charge in [0.15, 0.2) is 5.84 Å². The highest BCUT2D eigenvalue weighted by atomic mass is 16.5. The van der Waals surface area contributed by atoms with Crippen LogP contribution in [0.2, 0.25) is 0 Å². The number of aromatic nitrogens is 1. The number of piperidine rings is 2. The maximum Gasteiger partial charge on any atom is 0.255 e. The molecule has 0 radical (unpaired) electrons. The first-order valence-corrected chi connectivity index (χ1v) is 23.1. The van der Waals surface area contributed by atoms with Gasteiger partial charge >= 0.3 is 0 Å². The summed E-state index contributed by atoms with van der Waals surface area (Å²) in [6, 6.07) is 22.8. The summed E-state index contributed by atoms with van der Waals surface area (Å²) in [5.74, 6) is -0.543. The van der Waals surface area contributed by atoms with E-state index in [2.05, 4.69) is 43.2 Å². The Balaban J connectivity index is 0.736. The predicted molar refractivity (Wildman–Crippen MR) is 257 cm³/mol. The Hall–Kier alpha value is -7.02. The van der Waals surface area contributed by atoms with Crippen molar-refractivity contribution in [3.05, 3.63) is 119 Å². The quantitative estimate of drug-likeness (QED) is 0.0273. The standard InChI is InChI=1S/C50H60N10O8/c1-59-24-20-50(21-25-59,49(52)57-45(51)35-18-22-53-23-19-35)58-37-9-5-8-36(30-37)46(63)54-31-34-12-14-38(15-13-34)68-29-4-2-3-26-66-27-7-28-67-33-44(62)55-41-11-6-10-39-40(41)32-60(48(39)65)42-16-17-43(61)56-47(42)64/h5-6,8-15,18-19,22-23,30,42,58H,2-4,7,16-17,20-21,24-29,31-33H2,1H3,(H,54,63)(H,55,62)(H3,51,52,57)(H,56,61,64). The van der Waals surface area contributed by atoms with Crippen LogP contribution in [0.25, 0.3) is 0 Å². The fourth-order valence-electron chi connectivity index (χ4n) is 8.34. The average molecular weight is 929 g/mol. The fourth-order valence-corrected chi connectivity index (χ4v) is 8.34.